The van der Waals surface area contributed by atoms with Crippen molar-refractivity contribution >= 4 is 44.6 Å². The fraction of sp³-hybridized carbons (Fsp3) is 0.417. The smallest absolute Gasteiger partial charge is 0.238 e. The molecule has 2 rings (SSSR count). The highest BCUT2D eigenvalue weighted by Gasteiger charge is 2.27. The molecule has 1 aliphatic rings. The van der Waals surface area contributed by atoms with Gasteiger partial charge < -0.3 is 10.6 Å². The standard InChI is InChI=1S/C12H14Cl2N2O3S/c13-9-2-1-3-10(14)12(9)16-11(17)6-15-8-4-5-20(18,19)7-8/h1-3,8,15H,4-7H2,(H,16,17). The van der Waals surface area contributed by atoms with Gasteiger partial charge in [-0.3, -0.25) is 4.79 Å². The predicted octanol–water partition coefficient (Wildman–Crippen LogP) is 1.71. The summed E-state index contributed by atoms with van der Waals surface area (Å²) in [7, 11) is -2.95. The lowest BCUT2D eigenvalue weighted by molar-refractivity contribution is -0.115. The number of benzene rings is 1. The maximum absolute atomic E-state index is 11.8. The molecule has 8 heteroatoms. The molecular formula is C12H14Cl2N2O3S. The van der Waals surface area contributed by atoms with E-state index in [4.69, 9.17) is 23.2 Å². The SMILES string of the molecule is O=C(CNC1CCS(=O)(=O)C1)Nc1c(Cl)cccc1Cl. The first-order chi connectivity index (χ1) is 9.37. The Bertz CT molecular complexity index is 599. The van der Waals surface area contributed by atoms with Crippen LogP contribution in [0.2, 0.25) is 10.0 Å². The summed E-state index contributed by atoms with van der Waals surface area (Å²) < 4.78 is 22.6. The van der Waals surface area contributed by atoms with E-state index in [0.717, 1.165) is 0 Å². The number of carbonyl (C=O) groups is 1. The third-order valence-corrected chi connectivity index (χ3v) is 5.41. The first-order valence-corrected chi connectivity index (χ1v) is 8.63. The van der Waals surface area contributed by atoms with Crippen LogP contribution < -0.4 is 10.6 Å². The van der Waals surface area contributed by atoms with Crippen LogP contribution in [0, 0.1) is 0 Å². The zero-order valence-corrected chi connectivity index (χ0v) is 12.9. The number of carbonyl (C=O) groups excluding carboxylic acids is 1. The van der Waals surface area contributed by atoms with Crippen molar-refractivity contribution in [3.8, 4) is 0 Å². The van der Waals surface area contributed by atoms with Crippen LogP contribution in [0.5, 0.6) is 0 Å². The van der Waals surface area contributed by atoms with Gasteiger partial charge in [-0.25, -0.2) is 8.42 Å². The maximum Gasteiger partial charge on any atom is 0.238 e. The van der Waals surface area contributed by atoms with E-state index in [0.29, 0.717) is 22.2 Å². The highest BCUT2D eigenvalue weighted by atomic mass is 35.5. The van der Waals surface area contributed by atoms with Gasteiger partial charge in [0.1, 0.15) is 0 Å². The maximum atomic E-state index is 11.8. The Morgan fingerprint density at radius 1 is 1.30 bits per heavy atom. The van der Waals surface area contributed by atoms with Crippen LogP contribution in [0.25, 0.3) is 0 Å². The molecule has 1 aromatic rings. The van der Waals surface area contributed by atoms with Crippen LogP contribution in [-0.4, -0.2) is 38.4 Å². The number of nitrogens with one attached hydrogen (secondary N) is 2. The molecule has 0 spiro atoms. The molecule has 1 heterocycles. The molecular weight excluding hydrogens is 323 g/mol. The molecule has 5 nitrogen and oxygen atoms in total. The van der Waals surface area contributed by atoms with Gasteiger partial charge in [0.05, 0.1) is 33.8 Å². The summed E-state index contributed by atoms with van der Waals surface area (Å²) in [5.74, 6) is -0.0697. The minimum Gasteiger partial charge on any atom is -0.322 e. The Labute approximate surface area is 127 Å². The minimum atomic E-state index is -2.95. The Morgan fingerprint density at radius 3 is 2.50 bits per heavy atom. The summed E-state index contributed by atoms with van der Waals surface area (Å²) in [4.78, 5) is 11.8. The van der Waals surface area contributed by atoms with Crippen LogP contribution in [0.15, 0.2) is 18.2 Å². The molecule has 1 aliphatic heterocycles. The molecule has 1 atom stereocenters. The van der Waals surface area contributed by atoms with Crippen molar-refractivity contribution < 1.29 is 13.2 Å². The number of para-hydroxylation sites is 1. The average Bonchev–Trinajstić information content (AvgIpc) is 2.71. The molecule has 0 saturated carbocycles. The first kappa shape index (κ1) is 15.6. The van der Waals surface area contributed by atoms with E-state index in [1.807, 2.05) is 0 Å². The second kappa shape index (κ2) is 6.30. The average molecular weight is 337 g/mol. The number of hydrogen-bond donors (Lipinski definition) is 2. The molecule has 1 amide bonds. The molecule has 0 aromatic heterocycles. The Morgan fingerprint density at radius 2 is 1.95 bits per heavy atom. The van der Waals surface area contributed by atoms with Crippen LogP contribution in [0.1, 0.15) is 6.42 Å². The first-order valence-electron chi connectivity index (χ1n) is 6.05. The van der Waals surface area contributed by atoms with Crippen molar-refractivity contribution in [1.29, 1.82) is 0 Å². The van der Waals surface area contributed by atoms with E-state index in [2.05, 4.69) is 10.6 Å². The lowest BCUT2D eigenvalue weighted by atomic mass is 10.2. The van der Waals surface area contributed by atoms with E-state index < -0.39 is 9.84 Å². The molecule has 0 radical (unpaired) electrons. The lowest BCUT2D eigenvalue weighted by Gasteiger charge is -2.12. The minimum absolute atomic E-state index is 0.0156. The van der Waals surface area contributed by atoms with Crippen molar-refractivity contribution in [2.24, 2.45) is 0 Å². The van der Waals surface area contributed by atoms with E-state index in [1.165, 1.54) is 0 Å². The van der Waals surface area contributed by atoms with Crippen LogP contribution >= 0.6 is 23.2 Å². The molecule has 1 fully saturated rings. The normalized spacial score (nSPS) is 20.8. The number of hydrogen-bond acceptors (Lipinski definition) is 4. The summed E-state index contributed by atoms with van der Waals surface area (Å²) in [5.41, 5.74) is 0.363. The van der Waals surface area contributed by atoms with Crippen LogP contribution in [-0.2, 0) is 14.6 Å². The summed E-state index contributed by atoms with van der Waals surface area (Å²) in [6, 6.07) is 4.76. The predicted molar refractivity (Wildman–Crippen MR) is 80.2 cm³/mol. The van der Waals surface area contributed by atoms with Gasteiger partial charge in [-0.15, -0.1) is 0 Å². The third-order valence-electron chi connectivity index (χ3n) is 3.01. The van der Waals surface area contributed by atoms with Gasteiger partial charge in [0.15, 0.2) is 9.84 Å². The summed E-state index contributed by atoms with van der Waals surface area (Å²) >= 11 is 11.9. The molecule has 110 valence electrons. The number of sulfone groups is 1. The number of amides is 1. The molecule has 0 bridgehead atoms. The van der Waals surface area contributed by atoms with Gasteiger partial charge in [0.2, 0.25) is 5.91 Å². The van der Waals surface area contributed by atoms with Crippen LogP contribution in [0.4, 0.5) is 5.69 Å². The van der Waals surface area contributed by atoms with Crippen molar-refractivity contribution in [3.63, 3.8) is 0 Å². The molecule has 20 heavy (non-hydrogen) atoms. The Balaban J connectivity index is 1.87. The third kappa shape index (κ3) is 4.09. The number of halogens is 2. The second-order valence-electron chi connectivity index (χ2n) is 4.63. The Hall–Kier alpha value is -0.820. The van der Waals surface area contributed by atoms with E-state index in [-0.39, 0.29) is 30.0 Å². The zero-order chi connectivity index (χ0) is 14.8. The summed E-state index contributed by atoms with van der Waals surface area (Å²) in [6.07, 6.45) is 0.530. The van der Waals surface area contributed by atoms with Crippen molar-refractivity contribution in [2.45, 2.75) is 12.5 Å². The molecule has 1 aromatic carbocycles. The second-order valence-corrected chi connectivity index (χ2v) is 7.67. The molecule has 1 saturated heterocycles. The monoisotopic (exact) mass is 336 g/mol. The van der Waals surface area contributed by atoms with Crippen molar-refractivity contribution in [2.75, 3.05) is 23.4 Å². The van der Waals surface area contributed by atoms with Crippen molar-refractivity contribution in [1.82, 2.24) is 5.32 Å². The number of rotatable bonds is 4. The van der Waals surface area contributed by atoms with Gasteiger partial charge in [0.25, 0.3) is 0 Å². The van der Waals surface area contributed by atoms with Crippen molar-refractivity contribution in [3.05, 3.63) is 28.2 Å². The van der Waals surface area contributed by atoms with Gasteiger partial charge in [0, 0.05) is 6.04 Å². The van der Waals surface area contributed by atoms with E-state index >= 15 is 0 Å². The topological polar surface area (TPSA) is 75.3 Å². The lowest BCUT2D eigenvalue weighted by Crippen LogP contribution is -2.36. The highest BCUT2D eigenvalue weighted by Crippen LogP contribution is 2.29. The van der Waals surface area contributed by atoms with E-state index in [1.54, 1.807) is 18.2 Å². The largest absolute Gasteiger partial charge is 0.322 e. The molecule has 0 aliphatic carbocycles. The number of anilines is 1. The molecule has 1 unspecified atom stereocenters. The van der Waals surface area contributed by atoms with E-state index in [9.17, 15) is 13.2 Å². The van der Waals surface area contributed by atoms with Gasteiger partial charge in [-0.1, -0.05) is 29.3 Å². The fourth-order valence-corrected chi connectivity index (χ4v) is 4.19. The van der Waals surface area contributed by atoms with Gasteiger partial charge in [-0.2, -0.15) is 0 Å². The molecule has 2 N–H and O–H groups in total. The summed E-state index contributed by atoms with van der Waals surface area (Å²) in [6.45, 7) is 0.0156. The van der Waals surface area contributed by atoms with Gasteiger partial charge in [-0.05, 0) is 18.6 Å². The summed E-state index contributed by atoms with van der Waals surface area (Å²) in [5, 5.41) is 6.24. The quantitative estimate of drug-likeness (QED) is 0.877. The highest BCUT2D eigenvalue weighted by molar-refractivity contribution is 7.91. The zero-order valence-electron chi connectivity index (χ0n) is 10.5. The fourth-order valence-electron chi connectivity index (χ4n) is 1.99. The van der Waals surface area contributed by atoms with Crippen LogP contribution in [0.3, 0.4) is 0 Å². The Kier molecular flexibility index (Phi) is 4.90. The van der Waals surface area contributed by atoms with Gasteiger partial charge >= 0.3 is 0 Å².